The van der Waals surface area contributed by atoms with Gasteiger partial charge in [-0.25, -0.2) is 0 Å². The molecule has 0 saturated carbocycles. The second-order valence-corrected chi connectivity index (χ2v) is 7.52. The molecule has 0 saturated heterocycles. The van der Waals surface area contributed by atoms with E-state index in [1.54, 1.807) is 18.2 Å². The van der Waals surface area contributed by atoms with Crippen molar-refractivity contribution in [1.82, 2.24) is 0 Å². The van der Waals surface area contributed by atoms with Gasteiger partial charge in [0, 0.05) is 12.2 Å². The maximum Gasteiger partial charge on any atom is 0.248 e. The molecule has 0 unspecified atom stereocenters. The number of rotatable bonds is 6. The fourth-order valence-electron chi connectivity index (χ4n) is 2.92. The standard InChI is InChI=1S/C27H26N2O2/c1-19-4-9-22(10-5-19)13-16-26(30)28-24-15-8-21(3)18-25(24)29-27(31)17-14-23-11-6-20(2)7-12-23/h4-18H,1-3H3,(H,28,30)(H,29,31)/b16-13+,17-14+. The van der Waals surface area contributed by atoms with E-state index in [4.69, 9.17) is 0 Å². The van der Waals surface area contributed by atoms with Crippen LogP contribution < -0.4 is 10.6 Å². The molecule has 0 aliphatic heterocycles. The SMILES string of the molecule is Cc1ccc(/C=C/C(=O)Nc2ccc(C)cc2NC(=O)/C=C/c2ccc(C)cc2)cc1. The van der Waals surface area contributed by atoms with Crippen molar-refractivity contribution in [2.75, 3.05) is 10.6 Å². The third-order valence-electron chi connectivity index (χ3n) is 4.70. The fraction of sp³-hybridized carbons (Fsp3) is 0.111. The van der Waals surface area contributed by atoms with Gasteiger partial charge in [0.15, 0.2) is 0 Å². The average Bonchev–Trinajstić information content (AvgIpc) is 2.75. The van der Waals surface area contributed by atoms with Crippen LogP contribution in [0.2, 0.25) is 0 Å². The van der Waals surface area contributed by atoms with Crippen LogP contribution in [0.1, 0.15) is 27.8 Å². The number of amides is 2. The van der Waals surface area contributed by atoms with E-state index in [2.05, 4.69) is 10.6 Å². The van der Waals surface area contributed by atoms with Crippen LogP contribution in [0.3, 0.4) is 0 Å². The van der Waals surface area contributed by atoms with E-state index in [0.29, 0.717) is 11.4 Å². The molecule has 4 nitrogen and oxygen atoms in total. The van der Waals surface area contributed by atoms with E-state index in [0.717, 1.165) is 27.8 Å². The first kappa shape index (κ1) is 21.8. The van der Waals surface area contributed by atoms with Gasteiger partial charge in [0.25, 0.3) is 0 Å². The molecule has 0 aliphatic rings. The van der Waals surface area contributed by atoms with Gasteiger partial charge in [0.05, 0.1) is 11.4 Å². The summed E-state index contributed by atoms with van der Waals surface area (Å²) in [7, 11) is 0. The van der Waals surface area contributed by atoms with Gasteiger partial charge in [-0.3, -0.25) is 9.59 Å². The van der Waals surface area contributed by atoms with Crippen molar-refractivity contribution in [2.24, 2.45) is 0 Å². The molecule has 2 N–H and O–H groups in total. The lowest BCUT2D eigenvalue weighted by Crippen LogP contribution is -2.13. The van der Waals surface area contributed by atoms with Crippen molar-refractivity contribution in [1.29, 1.82) is 0 Å². The smallest absolute Gasteiger partial charge is 0.248 e. The van der Waals surface area contributed by atoms with Crippen molar-refractivity contribution in [3.8, 4) is 0 Å². The molecule has 0 fully saturated rings. The topological polar surface area (TPSA) is 58.2 Å². The van der Waals surface area contributed by atoms with Crippen LogP contribution in [0.5, 0.6) is 0 Å². The van der Waals surface area contributed by atoms with E-state index in [1.165, 1.54) is 12.2 Å². The number of anilines is 2. The molecule has 0 radical (unpaired) electrons. The second kappa shape index (κ2) is 10.2. The van der Waals surface area contributed by atoms with E-state index in [-0.39, 0.29) is 11.8 Å². The first-order valence-electron chi connectivity index (χ1n) is 10.1. The number of aryl methyl sites for hydroxylation is 3. The molecule has 4 heteroatoms. The highest BCUT2D eigenvalue weighted by atomic mass is 16.2. The molecule has 156 valence electrons. The summed E-state index contributed by atoms with van der Waals surface area (Å²) >= 11 is 0. The molecular formula is C27H26N2O2. The van der Waals surface area contributed by atoms with Crippen molar-refractivity contribution < 1.29 is 9.59 Å². The molecule has 2 amide bonds. The molecule has 0 aromatic heterocycles. The Hall–Kier alpha value is -3.92. The van der Waals surface area contributed by atoms with Gasteiger partial charge in [0.1, 0.15) is 0 Å². The molecular weight excluding hydrogens is 384 g/mol. The first-order chi connectivity index (χ1) is 14.9. The minimum Gasteiger partial charge on any atom is -0.321 e. The number of nitrogens with one attached hydrogen (secondary N) is 2. The lowest BCUT2D eigenvalue weighted by atomic mass is 10.1. The Labute approximate surface area is 183 Å². The predicted molar refractivity (Wildman–Crippen MR) is 129 cm³/mol. The summed E-state index contributed by atoms with van der Waals surface area (Å²) in [5.41, 5.74) is 6.29. The Balaban J connectivity index is 1.68. The Bertz CT molecular complexity index is 1120. The van der Waals surface area contributed by atoms with Gasteiger partial charge in [-0.15, -0.1) is 0 Å². The largest absolute Gasteiger partial charge is 0.321 e. The van der Waals surface area contributed by atoms with Crippen molar-refractivity contribution >= 4 is 35.3 Å². The van der Waals surface area contributed by atoms with Crippen LogP contribution in [-0.4, -0.2) is 11.8 Å². The Morgan fingerprint density at radius 2 is 1.00 bits per heavy atom. The van der Waals surface area contributed by atoms with Crippen LogP contribution in [0, 0.1) is 20.8 Å². The van der Waals surface area contributed by atoms with Gasteiger partial charge in [0.2, 0.25) is 11.8 Å². The normalized spacial score (nSPS) is 11.1. The Morgan fingerprint density at radius 1 is 0.581 bits per heavy atom. The number of carbonyl (C=O) groups is 2. The monoisotopic (exact) mass is 410 g/mol. The van der Waals surface area contributed by atoms with Crippen LogP contribution >= 0.6 is 0 Å². The molecule has 0 spiro atoms. The number of hydrogen-bond donors (Lipinski definition) is 2. The number of benzene rings is 3. The quantitative estimate of drug-likeness (QED) is 0.496. The zero-order valence-corrected chi connectivity index (χ0v) is 18.0. The molecule has 0 aliphatic carbocycles. The number of hydrogen-bond acceptors (Lipinski definition) is 2. The Kier molecular flexibility index (Phi) is 7.17. The summed E-state index contributed by atoms with van der Waals surface area (Å²) in [4.78, 5) is 24.8. The summed E-state index contributed by atoms with van der Waals surface area (Å²) in [6.45, 7) is 5.97. The maximum atomic E-state index is 12.4. The van der Waals surface area contributed by atoms with Crippen LogP contribution in [0.15, 0.2) is 78.9 Å². The summed E-state index contributed by atoms with van der Waals surface area (Å²) < 4.78 is 0. The highest BCUT2D eigenvalue weighted by Crippen LogP contribution is 2.23. The Morgan fingerprint density at radius 3 is 1.48 bits per heavy atom. The van der Waals surface area contributed by atoms with Crippen LogP contribution in [0.4, 0.5) is 11.4 Å². The minimum absolute atomic E-state index is 0.267. The molecule has 0 bridgehead atoms. The third kappa shape index (κ3) is 6.82. The second-order valence-electron chi connectivity index (χ2n) is 7.52. The van der Waals surface area contributed by atoms with Crippen LogP contribution in [0.25, 0.3) is 12.2 Å². The van der Waals surface area contributed by atoms with Gasteiger partial charge >= 0.3 is 0 Å². The predicted octanol–water partition coefficient (Wildman–Crippen LogP) is 5.92. The molecule has 0 atom stereocenters. The lowest BCUT2D eigenvalue weighted by molar-refractivity contribution is -0.112. The highest BCUT2D eigenvalue weighted by Gasteiger charge is 2.08. The maximum absolute atomic E-state index is 12.4. The van der Waals surface area contributed by atoms with Crippen molar-refractivity contribution in [3.63, 3.8) is 0 Å². The van der Waals surface area contributed by atoms with Gasteiger partial charge in [-0.1, -0.05) is 65.7 Å². The first-order valence-corrected chi connectivity index (χ1v) is 10.1. The minimum atomic E-state index is -0.268. The molecule has 0 heterocycles. The zero-order valence-electron chi connectivity index (χ0n) is 18.0. The number of carbonyl (C=O) groups excluding carboxylic acids is 2. The molecule has 3 aromatic carbocycles. The van der Waals surface area contributed by atoms with Gasteiger partial charge in [-0.05, 0) is 61.7 Å². The molecule has 3 aromatic rings. The van der Waals surface area contributed by atoms with Crippen molar-refractivity contribution in [2.45, 2.75) is 20.8 Å². The fourth-order valence-corrected chi connectivity index (χ4v) is 2.92. The summed E-state index contributed by atoms with van der Waals surface area (Å²) in [5.74, 6) is -0.535. The zero-order chi connectivity index (χ0) is 22.2. The third-order valence-corrected chi connectivity index (χ3v) is 4.70. The van der Waals surface area contributed by atoms with E-state index in [9.17, 15) is 9.59 Å². The lowest BCUT2D eigenvalue weighted by Gasteiger charge is -2.11. The van der Waals surface area contributed by atoms with Gasteiger partial charge in [-0.2, -0.15) is 0 Å². The van der Waals surface area contributed by atoms with E-state index >= 15 is 0 Å². The van der Waals surface area contributed by atoms with Crippen molar-refractivity contribution in [3.05, 3.63) is 107 Å². The summed E-state index contributed by atoms with van der Waals surface area (Å²) in [5, 5.41) is 5.69. The van der Waals surface area contributed by atoms with Crippen LogP contribution in [-0.2, 0) is 9.59 Å². The van der Waals surface area contributed by atoms with Gasteiger partial charge < -0.3 is 10.6 Å². The highest BCUT2D eigenvalue weighted by molar-refractivity contribution is 6.08. The summed E-state index contributed by atoms with van der Waals surface area (Å²) in [6, 6.07) is 21.3. The summed E-state index contributed by atoms with van der Waals surface area (Å²) in [6.07, 6.45) is 6.47. The van der Waals surface area contributed by atoms with E-state index < -0.39 is 0 Å². The molecule has 3 rings (SSSR count). The van der Waals surface area contributed by atoms with E-state index in [1.807, 2.05) is 81.4 Å². The average molecular weight is 411 g/mol. The molecule has 31 heavy (non-hydrogen) atoms.